The molecule has 0 saturated carbocycles. The molecule has 100 valence electrons. The van der Waals surface area contributed by atoms with Crippen LogP contribution in [-0.2, 0) is 4.79 Å². The van der Waals surface area contributed by atoms with Crippen molar-refractivity contribution < 1.29 is 14.7 Å². The van der Waals surface area contributed by atoms with Crippen LogP contribution in [0.5, 0.6) is 0 Å². The average molecular weight is 268 g/mol. The van der Waals surface area contributed by atoms with Crippen molar-refractivity contribution in [2.75, 3.05) is 16.8 Å². The fourth-order valence-corrected chi connectivity index (χ4v) is 2.24. The molecule has 0 saturated heterocycles. The van der Waals surface area contributed by atoms with Gasteiger partial charge < -0.3 is 10.4 Å². The highest BCUT2D eigenvalue weighted by Crippen LogP contribution is 2.34. The smallest absolute Gasteiger partial charge is 0.335 e. The van der Waals surface area contributed by atoms with Crippen LogP contribution in [0.4, 0.5) is 17.1 Å². The van der Waals surface area contributed by atoms with E-state index in [1.807, 2.05) is 24.3 Å². The standard InChI is InChI=1S/C15H12N2O3/c18-14-9-16-12-3-1-2-4-13(12)17(14)11-7-5-10(6-8-11)15(19)20/h1-8,16H,9H2,(H,19,20). The summed E-state index contributed by atoms with van der Waals surface area (Å²) in [7, 11) is 0. The minimum Gasteiger partial charge on any atom is -0.478 e. The van der Waals surface area contributed by atoms with E-state index in [1.54, 1.807) is 17.0 Å². The molecule has 1 heterocycles. The maximum Gasteiger partial charge on any atom is 0.335 e. The van der Waals surface area contributed by atoms with E-state index >= 15 is 0 Å². The molecule has 2 aromatic carbocycles. The minimum absolute atomic E-state index is 0.0771. The van der Waals surface area contributed by atoms with Crippen molar-refractivity contribution in [3.8, 4) is 0 Å². The van der Waals surface area contributed by atoms with Gasteiger partial charge >= 0.3 is 5.97 Å². The number of amides is 1. The number of nitrogens with one attached hydrogen (secondary N) is 1. The highest BCUT2D eigenvalue weighted by Gasteiger charge is 2.24. The molecular formula is C15H12N2O3. The molecule has 0 aliphatic carbocycles. The van der Waals surface area contributed by atoms with Crippen molar-refractivity contribution in [1.29, 1.82) is 0 Å². The summed E-state index contributed by atoms with van der Waals surface area (Å²) in [5.74, 6) is -1.06. The second kappa shape index (κ2) is 4.70. The molecule has 0 radical (unpaired) electrons. The zero-order valence-corrected chi connectivity index (χ0v) is 10.5. The van der Waals surface area contributed by atoms with Gasteiger partial charge in [-0.15, -0.1) is 0 Å². The number of nitrogens with zero attached hydrogens (tertiary/aromatic N) is 1. The van der Waals surface area contributed by atoms with Crippen LogP contribution in [0, 0.1) is 0 Å². The van der Waals surface area contributed by atoms with Gasteiger partial charge in [-0.25, -0.2) is 4.79 Å². The first kappa shape index (κ1) is 12.2. The van der Waals surface area contributed by atoms with Crippen molar-refractivity contribution in [2.45, 2.75) is 0 Å². The lowest BCUT2D eigenvalue weighted by atomic mass is 10.1. The van der Waals surface area contributed by atoms with Crippen LogP contribution >= 0.6 is 0 Å². The topological polar surface area (TPSA) is 69.6 Å². The molecule has 0 aromatic heterocycles. The van der Waals surface area contributed by atoms with Gasteiger partial charge in [0.25, 0.3) is 5.91 Å². The molecule has 0 unspecified atom stereocenters. The van der Waals surface area contributed by atoms with Crippen LogP contribution in [0.15, 0.2) is 48.5 Å². The predicted octanol–water partition coefficient (Wildman–Crippen LogP) is 2.48. The molecule has 2 aromatic rings. The summed E-state index contributed by atoms with van der Waals surface area (Å²) in [4.78, 5) is 24.6. The van der Waals surface area contributed by atoms with Gasteiger partial charge in [-0.3, -0.25) is 9.69 Å². The first-order valence-electron chi connectivity index (χ1n) is 6.16. The monoisotopic (exact) mass is 268 g/mol. The number of rotatable bonds is 2. The summed E-state index contributed by atoms with van der Waals surface area (Å²) >= 11 is 0. The van der Waals surface area contributed by atoms with E-state index in [9.17, 15) is 9.59 Å². The molecule has 3 rings (SSSR count). The van der Waals surface area contributed by atoms with Gasteiger partial charge in [0, 0.05) is 5.69 Å². The summed E-state index contributed by atoms with van der Waals surface area (Å²) in [5.41, 5.74) is 2.51. The number of carboxylic acid groups (broad SMARTS) is 1. The average Bonchev–Trinajstić information content (AvgIpc) is 2.47. The van der Waals surface area contributed by atoms with E-state index in [-0.39, 0.29) is 18.0 Å². The van der Waals surface area contributed by atoms with Gasteiger partial charge in [0.2, 0.25) is 0 Å². The number of carbonyl (C=O) groups is 2. The van der Waals surface area contributed by atoms with Crippen LogP contribution in [0.2, 0.25) is 0 Å². The van der Waals surface area contributed by atoms with Crippen molar-refractivity contribution in [3.63, 3.8) is 0 Å². The van der Waals surface area contributed by atoms with E-state index in [0.717, 1.165) is 11.4 Å². The second-order valence-corrected chi connectivity index (χ2v) is 4.45. The van der Waals surface area contributed by atoms with Gasteiger partial charge in [-0.1, -0.05) is 12.1 Å². The maximum atomic E-state index is 12.1. The summed E-state index contributed by atoms with van der Waals surface area (Å²) in [6, 6.07) is 13.8. The quantitative estimate of drug-likeness (QED) is 0.877. The molecule has 0 atom stereocenters. The molecular weight excluding hydrogens is 256 g/mol. The molecule has 20 heavy (non-hydrogen) atoms. The summed E-state index contributed by atoms with van der Waals surface area (Å²) in [5, 5.41) is 12.0. The fourth-order valence-electron chi connectivity index (χ4n) is 2.24. The van der Waals surface area contributed by atoms with E-state index < -0.39 is 5.97 Å². The molecule has 1 aliphatic rings. The Morgan fingerprint density at radius 3 is 2.50 bits per heavy atom. The van der Waals surface area contributed by atoms with Gasteiger partial charge in [0.15, 0.2) is 0 Å². The molecule has 5 heteroatoms. The van der Waals surface area contributed by atoms with Crippen molar-refractivity contribution in [3.05, 3.63) is 54.1 Å². The Labute approximate surface area is 115 Å². The lowest BCUT2D eigenvalue weighted by molar-refractivity contribution is -0.116. The Hall–Kier alpha value is -2.82. The number of para-hydroxylation sites is 2. The number of carbonyl (C=O) groups excluding carboxylic acids is 1. The van der Waals surface area contributed by atoms with Crippen LogP contribution in [0.1, 0.15) is 10.4 Å². The molecule has 0 bridgehead atoms. The molecule has 5 nitrogen and oxygen atoms in total. The zero-order chi connectivity index (χ0) is 14.1. The first-order valence-corrected chi connectivity index (χ1v) is 6.16. The fraction of sp³-hybridized carbons (Fsp3) is 0.0667. The van der Waals surface area contributed by atoms with Crippen LogP contribution in [-0.4, -0.2) is 23.5 Å². The summed E-state index contributed by atoms with van der Waals surface area (Å²) in [6.45, 7) is 0.220. The van der Waals surface area contributed by atoms with E-state index in [1.165, 1.54) is 12.1 Å². The van der Waals surface area contributed by atoms with Crippen molar-refractivity contribution >= 4 is 28.9 Å². The number of hydrogen-bond acceptors (Lipinski definition) is 3. The number of anilines is 3. The Morgan fingerprint density at radius 2 is 1.80 bits per heavy atom. The lowest BCUT2D eigenvalue weighted by Gasteiger charge is -2.30. The summed E-state index contributed by atoms with van der Waals surface area (Å²) < 4.78 is 0. The van der Waals surface area contributed by atoms with Gasteiger partial charge in [0.05, 0.1) is 23.5 Å². The van der Waals surface area contributed by atoms with E-state index in [0.29, 0.717) is 5.69 Å². The SMILES string of the molecule is O=C(O)c1ccc(N2C(=O)CNc3ccccc32)cc1. The van der Waals surface area contributed by atoms with Crippen molar-refractivity contribution in [2.24, 2.45) is 0 Å². The van der Waals surface area contributed by atoms with Crippen molar-refractivity contribution in [1.82, 2.24) is 0 Å². The lowest BCUT2D eigenvalue weighted by Crippen LogP contribution is -2.36. The maximum absolute atomic E-state index is 12.1. The van der Waals surface area contributed by atoms with Gasteiger partial charge in [0.1, 0.15) is 0 Å². The largest absolute Gasteiger partial charge is 0.478 e. The first-order chi connectivity index (χ1) is 9.66. The highest BCUT2D eigenvalue weighted by molar-refractivity contribution is 6.08. The molecule has 1 aliphatic heterocycles. The number of aromatic carboxylic acids is 1. The number of hydrogen-bond donors (Lipinski definition) is 2. The minimum atomic E-state index is -0.983. The Balaban J connectivity index is 2.04. The Kier molecular flexibility index (Phi) is 2.87. The van der Waals surface area contributed by atoms with Gasteiger partial charge in [-0.05, 0) is 36.4 Å². The number of fused-ring (bicyclic) bond motifs is 1. The summed E-state index contributed by atoms with van der Waals surface area (Å²) in [6.07, 6.45) is 0. The third kappa shape index (κ3) is 1.99. The van der Waals surface area contributed by atoms with Crippen LogP contribution in [0.25, 0.3) is 0 Å². The normalized spacial score (nSPS) is 13.6. The molecule has 2 N–H and O–H groups in total. The molecule has 0 fully saturated rings. The van der Waals surface area contributed by atoms with Crippen LogP contribution in [0.3, 0.4) is 0 Å². The zero-order valence-electron chi connectivity index (χ0n) is 10.5. The van der Waals surface area contributed by atoms with E-state index in [4.69, 9.17) is 5.11 Å². The molecule has 0 spiro atoms. The Morgan fingerprint density at radius 1 is 1.10 bits per heavy atom. The van der Waals surface area contributed by atoms with E-state index in [2.05, 4.69) is 5.32 Å². The number of carboxylic acids is 1. The highest BCUT2D eigenvalue weighted by atomic mass is 16.4. The second-order valence-electron chi connectivity index (χ2n) is 4.45. The third-order valence-electron chi connectivity index (χ3n) is 3.20. The predicted molar refractivity (Wildman–Crippen MR) is 75.5 cm³/mol. The molecule has 1 amide bonds. The Bertz CT molecular complexity index is 680. The number of benzene rings is 2. The van der Waals surface area contributed by atoms with Gasteiger partial charge in [-0.2, -0.15) is 0 Å². The third-order valence-corrected chi connectivity index (χ3v) is 3.20. The van der Waals surface area contributed by atoms with Crippen LogP contribution < -0.4 is 10.2 Å².